The third-order valence-corrected chi connectivity index (χ3v) is 6.03. The summed E-state index contributed by atoms with van der Waals surface area (Å²) in [4.78, 5) is 21.5. The van der Waals surface area contributed by atoms with Crippen LogP contribution in [-0.2, 0) is 16.1 Å². The lowest BCUT2D eigenvalue weighted by Gasteiger charge is -2.35. The van der Waals surface area contributed by atoms with Crippen molar-refractivity contribution in [1.82, 2.24) is 19.9 Å². The lowest BCUT2D eigenvalue weighted by atomic mass is 10.1. The SMILES string of the molecule is O=C(C1CCOC1)N1CCN(Cc2ccc(-c3noc(-c4ccccc4)n3)cc2)CC1. The summed E-state index contributed by atoms with van der Waals surface area (Å²) in [6.45, 7) is 5.54. The lowest BCUT2D eigenvalue weighted by molar-refractivity contribution is -0.137. The molecular formula is C24H26N4O3. The van der Waals surface area contributed by atoms with Gasteiger partial charge in [-0.3, -0.25) is 9.69 Å². The van der Waals surface area contributed by atoms with Crippen LogP contribution < -0.4 is 0 Å². The Labute approximate surface area is 181 Å². The van der Waals surface area contributed by atoms with Gasteiger partial charge in [-0.25, -0.2) is 0 Å². The number of rotatable bonds is 5. The van der Waals surface area contributed by atoms with Crippen LogP contribution in [0, 0.1) is 5.92 Å². The second-order valence-corrected chi connectivity index (χ2v) is 8.15. The van der Waals surface area contributed by atoms with Crippen LogP contribution in [0.15, 0.2) is 59.1 Å². The highest BCUT2D eigenvalue weighted by molar-refractivity contribution is 5.79. The van der Waals surface area contributed by atoms with E-state index in [2.05, 4.69) is 27.2 Å². The first-order valence-electron chi connectivity index (χ1n) is 10.8. The number of amides is 1. The molecular weight excluding hydrogens is 392 g/mol. The maximum absolute atomic E-state index is 12.5. The van der Waals surface area contributed by atoms with E-state index in [9.17, 15) is 4.79 Å². The summed E-state index contributed by atoms with van der Waals surface area (Å²) < 4.78 is 10.8. The third kappa shape index (κ3) is 4.52. The number of nitrogens with zero attached hydrogens (tertiary/aromatic N) is 4. The summed E-state index contributed by atoms with van der Waals surface area (Å²) in [7, 11) is 0. The van der Waals surface area contributed by atoms with Crippen molar-refractivity contribution in [2.24, 2.45) is 5.92 Å². The topological polar surface area (TPSA) is 71.7 Å². The third-order valence-electron chi connectivity index (χ3n) is 6.03. The first kappa shape index (κ1) is 19.9. The molecule has 0 radical (unpaired) electrons. The molecule has 1 unspecified atom stereocenters. The minimum Gasteiger partial charge on any atom is -0.381 e. The van der Waals surface area contributed by atoms with Gasteiger partial charge in [-0.15, -0.1) is 0 Å². The van der Waals surface area contributed by atoms with Crippen molar-refractivity contribution in [3.05, 3.63) is 60.2 Å². The fourth-order valence-corrected chi connectivity index (χ4v) is 4.17. The van der Waals surface area contributed by atoms with E-state index in [0.29, 0.717) is 24.9 Å². The predicted molar refractivity (Wildman–Crippen MR) is 116 cm³/mol. The Hall–Kier alpha value is -3.03. The first-order valence-corrected chi connectivity index (χ1v) is 10.8. The van der Waals surface area contributed by atoms with Gasteiger partial charge in [0, 0.05) is 50.5 Å². The van der Waals surface area contributed by atoms with Crippen molar-refractivity contribution >= 4 is 5.91 Å². The minimum absolute atomic E-state index is 0.0617. The van der Waals surface area contributed by atoms with Crippen molar-refractivity contribution in [3.8, 4) is 22.8 Å². The summed E-state index contributed by atoms with van der Waals surface area (Å²) in [5, 5.41) is 4.12. The summed E-state index contributed by atoms with van der Waals surface area (Å²) in [6, 6.07) is 18.1. The largest absolute Gasteiger partial charge is 0.381 e. The zero-order chi connectivity index (χ0) is 21.0. The normalized spacial score (nSPS) is 19.6. The van der Waals surface area contributed by atoms with E-state index in [1.54, 1.807) is 0 Å². The smallest absolute Gasteiger partial charge is 0.258 e. The molecule has 0 aliphatic carbocycles. The second kappa shape index (κ2) is 8.99. The van der Waals surface area contributed by atoms with E-state index in [0.717, 1.165) is 50.3 Å². The van der Waals surface area contributed by atoms with E-state index in [4.69, 9.17) is 9.26 Å². The van der Waals surface area contributed by atoms with Gasteiger partial charge in [-0.1, -0.05) is 47.6 Å². The molecule has 2 fully saturated rings. The van der Waals surface area contributed by atoms with E-state index in [1.807, 2.05) is 47.4 Å². The maximum Gasteiger partial charge on any atom is 0.258 e. The van der Waals surface area contributed by atoms with Gasteiger partial charge < -0.3 is 14.2 Å². The average molecular weight is 418 g/mol. The molecule has 1 amide bonds. The number of benzene rings is 2. The van der Waals surface area contributed by atoms with Crippen LogP contribution in [0.2, 0.25) is 0 Å². The van der Waals surface area contributed by atoms with Crippen LogP contribution in [0.1, 0.15) is 12.0 Å². The number of piperazine rings is 1. The molecule has 0 N–H and O–H groups in total. The molecule has 3 heterocycles. The molecule has 0 saturated carbocycles. The zero-order valence-electron chi connectivity index (χ0n) is 17.4. The van der Waals surface area contributed by atoms with Crippen molar-refractivity contribution in [2.45, 2.75) is 13.0 Å². The number of hydrogen-bond acceptors (Lipinski definition) is 6. The van der Waals surface area contributed by atoms with Gasteiger partial charge in [-0.05, 0) is 24.1 Å². The highest BCUT2D eigenvalue weighted by atomic mass is 16.5. The zero-order valence-corrected chi connectivity index (χ0v) is 17.4. The Bertz CT molecular complexity index is 1000. The minimum atomic E-state index is 0.0617. The number of ether oxygens (including phenoxy) is 1. The molecule has 0 spiro atoms. The van der Waals surface area contributed by atoms with E-state index >= 15 is 0 Å². The molecule has 1 aromatic heterocycles. The standard InChI is InChI=1S/C24H26N4O3/c29-24(21-10-15-30-17-21)28-13-11-27(12-14-28)16-18-6-8-19(9-7-18)22-25-23(31-26-22)20-4-2-1-3-5-20/h1-9,21H,10-17H2. The van der Waals surface area contributed by atoms with Crippen molar-refractivity contribution in [3.63, 3.8) is 0 Å². The fourth-order valence-electron chi connectivity index (χ4n) is 4.17. The highest BCUT2D eigenvalue weighted by Gasteiger charge is 2.30. The van der Waals surface area contributed by atoms with Gasteiger partial charge in [-0.2, -0.15) is 4.98 Å². The summed E-state index contributed by atoms with van der Waals surface area (Å²) in [5.74, 6) is 1.44. The summed E-state index contributed by atoms with van der Waals surface area (Å²) >= 11 is 0. The second-order valence-electron chi connectivity index (χ2n) is 8.15. The summed E-state index contributed by atoms with van der Waals surface area (Å²) in [6.07, 6.45) is 0.860. The van der Waals surface area contributed by atoms with Crippen LogP contribution in [0.5, 0.6) is 0 Å². The van der Waals surface area contributed by atoms with Crippen molar-refractivity contribution in [1.29, 1.82) is 0 Å². The molecule has 3 aromatic rings. The molecule has 2 aromatic carbocycles. The molecule has 0 bridgehead atoms. The van der Waals surface area contributed by atoms with Crippen molar-refractivity contribution in [2.75, 3.05) is 39.4 Å². The number of carbonyl (C=O) groups is 1. The van der Waals surface area contributed by atoms with Crippen LogP contribution in [0.25, 0.3) is 22.8 Å². The van der Waals surface area contributed by atoms with Crippen LogP contribution >= 0.6 is 0 Å². The van der Waals surface area contributed by atoms with Gasteiger partial charge in [0.25, 0.3) is 5.89 Å². The Morgan fingerprint density at radius 3 is 2.45 bits per heavy atom. The molecule has 31 heavy (non-hydrogen) atoms. The molecule has 2 aliphatic rings. The Balaban J connectivity index is 1.16. The van der Waals surface area contributed by atoms with Gasteiger partial charge >= 0.3 is 0 Å². The molecule has 7 heteroatoms. The average Bonchev–Trinajstić information content (AvgIpc) is 3.53. The molecule has 2 aliphatic heterocycles. The Kier molecular flexibility index (Phi) is 5.78. The van der Waals surface area contributed by atoms with Crippen molar-refractivity contribution < 1.29 is 14.1 Å². The van der Waals surface area contributed by atoms with E-state index in [-0.39, 0.29) is 11.8 Å². The number of carbonyl (C=O) groups excluding carboxylic acids is 1. The molecule has 5 rings (SSSR count). The van der Waals surface area contributed by atoms with E-state index < -0.39 is 0 Å². The van der Waals surface area contributed by atoms with Gasteiger partial charge in [0.15, 0.2) is 0 Å². The number of hydrogen-bond donors (Lipinski definition) is 0. The molecule has 1 atom stereocenters. The lowest BCUT2D eigenvalue weighted by Crippen LogP contribution is -2.50. The van der Waals surface area contributed by atoms with Gasteiger partial charge in [0.2, 0.25) is 11.7 Å². The molecule has 2 saturated heterocycles. The Morgan fingerprint density at radius 1 is 0.968 bits per heavy atom. The van der Waals surface area contributed by atoms with Crippen LogP contribution in [0.4, 0.5) is 0 Å². The maximum atomic E-state index is 12.5. The van der Waals surface area contributed by atoms with Gasteiger partial charge in [0.1, 0.15) is 0 Å². The van der Waals surface area contributed by atoms with Gasteiger partial charge in [0.05, 0.1) is 12.5 Å². The monoisotopic (exact) mass is 418 g/mol. The fraction of sp³-hybridized carbons (Fsp3) is 0.375. The number of aromatic nitrogens is 2. The molecule has 7 nitrogen and oxygen atoms in total. The highest BCUT2D eigenvalue weighted by Crippen LogP contribution is 2.23. The summed E-state index contributed by atoms with van der Waals surface area (Å²) in [5.41, 5.74) is 3.08. The van der Waals surface area contributed by atoms with Crippen LogP contribution in [-0.4, -0.2) is 65.2 Å². The quantitative estimate of drug-likeness (QED) is 0.634. The Morgan fingerprint density at radius 2 is 1.74 bits per heavy atom. The molecule has 160 valence electrons. The predicted octanol–water partition coefficient (Wildman–Crippen LogP) is 3.08. The van der Waals surface area contributed by atoms with Crippen LogP contribution in [0.3, 0.4) is 0 Å². The first-order chi connectivity index (χ1) is 15.3. The van der Waals surface area contributed by atoms with E-state index in [1.165, 1.54) is 5.56 Å².